The fraction of sp³-hybridized carbons (Fsp3) is 0.480. The number of fused-ring (bicyclic) bond motifs is 3. The Morgan fingerprint density at radius 2 is 2.03 bits per heavy atom. The highest BCUT2D eigenvalue weighted by molar-refractivity contribution is 5.76. The Labute approximate surface area is 187 Å². The van der Waals surface area contributed by atoms with Crippen molar-refractivity contribution in [1.82, 2.24) is 24.2 Å². The third-order valence-corrected chi connectivity index (χ3v) is 8.10. The van der Waals surface area contributed by atoms with Gasteiger partial charge in [0.2, 0.25) is 5.91 Å². The second-order valence-electron chi connectivity index (χ2n) is 9.80. The number of aliphatic hydroxyl groups is 1. The lowest BCUT2D eigenvalue weighted by Gasteiger charge is -2.58. The van der Waals surface area contributed by atoms with Gasteiger partial charge in [-0.15, -0.1) is 0 Å². The predicted octanol–water partition coefficient (Wildman–Crippen LogP) is 2.81. The van der Waals surface area contributed by atoms with E-state index in [4.69, 9.17) is 0 Å². The average Bonchev–Trinajstić information content (AvgIpc) is 3.52. The summed E-state index contributed by atoms with van der Waals surface area (Å²) in [5.41, 5.74) is 4.72. The molecule has 1 aliphatic carbocycles. The van der Waals surface area contributed by atoms with Gasteiger partial charge in [0, 0.05) is 49.7 Å². The van der Waals surface area contributed by atoms with Crippen LogP contribution >= 0.6 is 0 Å². The molecule has 4 heterocycles. The van der Waals surface area contributed by atoms with Crippen LogP contribution in [-0.4, -0.2) is 54.4 Å². The molecule has 1 unspecified atom stereocenters. The zero-order valence-electron chi connectivity index (χ0n) is 18.4. The minimum atomic E-state index is -0.346. The molecule has 1 saturated heterocycles. The van der Waals surface area contributed by atoms with Crippen molar-refractivity contribution in [2.24, 2.45) is 18.4 Å². The smallest absolute Gasteiger partial charge is 0.222 e. The molecule has 2 aliphatic heterocycles. The largest absolute Gasteiger partial charge is 0.392 e. The summed E-state index contributed by atoms with van der Waals surface area (Å²) in [5.74, 6) is 0.404. The van der Waals surface area contributed by atoms with Crippen molar-refractivity contribution >= 4 is 5.91 Å². The number of nitrogens with zero attached hydrogens (tertiary/aromatic N) is 5. The van der Waals surface area contributed by atoms with E-state index >= 15 is 0 Å². The van der Waals surface area contributed by atoms with Crippen LogP contribution < -0.4 is 0 Å². The lowest BCUT2D eigenvalue weighted by Crippen LogP contribution is -2.59. The fourth-order valence-electron chi connectivity index (χ4n) is 6.30. The van der Waals surface area contributed by atoms with E-state index in [1.54, 1.807) is 4.68 Å². The van der Waals surface area contributed by atoms with Crippen LogP contribution in [0.15, 0.2) is 49.2 Å². The number of benzene rings is 1. The molecule has 6 rings (SSSR count). The standard InChI is InChI=1S/C25H29N5O2/c1-28-15-17(13-27-28)6-7-22(31)29-10-8-25(9-11-29)12-20(24(25)32)23-19-5-3-2-4-18(19)21-14-26-16-30(21)23/h2-5,13-16,20,23-24,32H,6-12H2,1H3/t20-,23?,24+/m0/s1. The summed E-state index contributed by atoms with van der Waals surface area (Å²) < 4.78 is 4.01. The van der Waals surface area contributed by atoms with E-state index in [0.717, 1.165) is 50.0 Å². The predicted molar refractivity (Wildman–Crippen MR) is 120 cm³/mol. The molecule has 0 radical (unpaired) electrons. The van der Waals surface area contributed by atoms with Crippen LogP contribution in [0.2, 0.25) is 0 Å². The zero-order valence-corrected chi connectivity index (χ0v) is 18.4. The number of rotatable bonds is 4. The van der Waals surface area contributed by atoms with E-state index in [1.165, 1.54) is 11.1 Å². The van der Waals surface area contributed by atoms with Gasteiger partial charge in [0.15, 0.2) is 0 Å². The van der Waals surface area contributed by atoms with Crippen LogP contribution in [0.25, 0.3) is 11.3 Å². The topological polar surface area (TPSA) is 76.2 Å². The van der Waals surface area contributed by atoms with Crippen LogP contribution in [0.1, 0.15) is 42.9 Å². The highest BCUT2D eigenvalue weighted by atomic mass is 16.3. The normalized spacial score (nSPS) is 25.4. The summed E-state index contributed by atoms with van der Waals surface area (Å²) in [4.78, 5) is 19.1. The number of imidazole rings is 1. The number of aliphatic hydroxyl groups excluding tert-OH is 1. The van der Waals surface area contributed by atoms with Crippen molar-refractivity contribution in [3.8, 4) is 11.3 Å². The summed E-state index contributed by atoms with van der Waals surface area (Å²) in [6.45, 7) is 1.49. The number of carbonyl (C=O) groups is 1. The van der Waals surface area contributed by atoms with Gasteiger partial charge >= 0.3 is 0 Å². The van der Waals surface area contributed by atoms with Crippen LogP contribution in [0, 0.1) is 11.3 Å². The summed E-state index contributed by atoms with van der Waals surface area (Å²) in [5, 5.41) is 15.5. The number of aromatic nitrogens is 4. The lowest BCUT2D eigenvalue weighted by atomic mass is 9.53. The van der Waals surface area contributed by atoms with Gasteiger partial charge in [-0.05, 0) is 36.8 Å². The highest BCUT2D eigenvalue weighted by Gasteiger charge is 2.58. The first-order valence-corrected chi connectivity index (χ1v) is 11.6. The molecule has 1 amide bonds. The Morgan fingerprint density at radius 1 is 1.22 bits per heavy atom. The molecule has 32 heavy (non-hydrogen) atoms. The number of hydrogen-bond acceptors (Lipinski definition) is 4. The second kappa shape index (κ2) is 7.30. The van der Waals surface area contributed by atoms with Gasteiger partial charge in [-0.25, -0.2) is 4.98 Å². The quantitative estimate of drug-likeness (QED) is 0.689. The van der Waals surface area contributed by atoms with Gasteiger partial charge in [-0.1, -0.05) is 24.3 Å². The van der Waals surface area contributed by atoms with Crippen molar-refractivity contribution in [1.29, 1.82) is 0 Å². The fourth-order valence-corrected chi connectivity index (χ4v) is 6.30. The Kier molecular flexibility index (Phi) is 4.50. The van der Waals surface area contributed by atoms with Gasteiger partial charge in [0.25, 0.3) is 0 Å². The van der Waals surface area contributed by atoms with E-state index in [0.29, 0.717) is 6.42 Å². The molecule has 3 aliphatic rings. The molecule has 7 heteroatoms. The monoisotopic (exact) mass is 431 g/mol. The zero-order chi connectivity index (χ0) is 21.9. The maximum absolute atomic E-state index is 12.7. The number of hydrogen-bond donors (Lipinski definition) is 1. The molecular weight excluding hydrogens is 402 g/mol. The molecule has 3 atom stereocenters. The van der Waals surface area contributed by atoms with E-state index in [2.05, 4.69) is 38.9 Å². The number of likely N-dealkylation sites (tertiary alicyclic amines) is 1. The number of aryl methyl sites for hydroxylation is 2. The molecule has 2 fully saturated rings. The Hall–Kier alpha value is -2.93. The van der Waals surface area contributed by atoms with Crippen LogP contribution in [0.5, 0.6) is 0 Å². The molecule has 1 spiro atoms. The Balaban J connectivity index is 1.10. The third kappa shape index (κ3) is 2.94. The first-order valence-electron chi connectivity index (χ1n) is 11.6. The number of piperidine rings is 1. The van der Waals surface area contributed by atoms with E-state index in [9.17, 15) is 9.90 Å². The Morgan fingerprint density at radius 3 is 2.78 bits per heavy atom. The second-order valence-corrected chi connectivity index (χ2v) is 9.80. The molecule has 0 bridgehead atoms. The third-order valence-electron chi connectivity index (χ3n) is 8.10. The molecule has 1 aromatic carbocycles. The lowest BCUT2D eigenvalue weighted by molar-refractivity contribution is -0.164. The van der Waals surface area contributed by atoms with Crippen molar-refractivity contribution in [2.45, 2.75) is 44.2 Å². The van der Waals surface area contributed by atoms with Gasteiger partial charge < -0.3 is 14.6 Å². The number of amides is 1. The minimum Gasteiger partial charge on any atom is -0.392 e. The average molecular weight is 432 g/mol. The first-order chi connectivity index (χ1) is 15.6. The number of carbonyl (C=O) groups excluding carboxylic acids is 1. The maximum atomic E-state index is 12.7. The molecule has 2 aromatic heterocycles. The molecular formula is C25H29N5O2. The molecule has 7 nitrogen and oxygen atoms in total. The SMILES string of the molecule is Cn1cc(CCC(=O)N2CCC3(CC2)C[C@@H](C2c4ccccc4-c4cncn42)[C@H]3O)cn1. The van der Waals surface area contributed by atoms with Gasteiger partial charge in [-0.3, -0.25) is 9.48 Å². The van der Waals surface area contributed by atoms with Crippen LogP contribution in [-0.2, 0) is 18.3 Å². The summed E-state index contributed by atoms with van der Waals surface area (Å²) in [7, 11) is 1.89. The molecule has 1 N–H and O–H groups in total. The molecule has 166 valence electrons. The van der Waals surface area contributed by atoms with Crippen molar-refractivity contribution in [3.63, 3.8) is 0 Å². The van der Waals surface area contributed by atoms with Crippen LogP contribution in [0.4, 0.5) is 0 Å². The summed E-state index contributed by atoms with van der Waals surface area (Å²) in [6, 6.07) is 8.65. The van der Waals surface area contributed by atoms with E-state index < -0.39 is 0 Å². The first kappa shape index (κ1) is 19.7. The van der Waals surface area contributed by atoms with Crippen molar-refractivity contribution < 1.29 is 9.90 Å². The van der Waals surface area contributed by atoms with Crippen molar-refractivity contribution in [2.75, 3.05) is 13.1 Å². The van der Waals surface area contributed by atoms with Crippen LogP contribution in [0.3, 0.4) is 0 Å². The maximum Gasteiger partial charge on any atom is 0.222 e. The minimum absolute atomic E-state index is 0.0525. The molecule has 3 aromatic rings. The summed E-state index contributed by atoms with van der Waals surface area (Å²) in [6.07, 6.45) is 11.3. The van der Waals surface area contributed by atoms with Gasteiger partial charge in [-0.2, -0.15) is 5.10 Å². The highest BCUT2D eigenvalue weighted by Crippen LogP contribution is 2.59. The van der Waals surface area contributed by atoms with Crippen molar-refractivity contribution in [3.05, 3.63) is 60.3 Å². The molecule has 1 saturated carbocycles. The Bertz CT molecular complexity index is 1160. The van der Waals surface area contributed by atoms with E-state index in [-0.39, 0.29) is 29.4 Å². The van der Waals surface area contributed by atoms with Gasteiger partial charge in [0.05, 0.1) is 36.6 Å². The van der Waals surface area contributed by atoms with Gasteiger partial charge in [0.1, 0.15) is 0 Å². The van der Waals surface area contributed by atoms with E-state index in [1.807, 2.05) is 36.9 Å². The summed E-state index contributed by atoms with van der Waals surface area (Å²) >= 11 is 0.